The summed E-state index contributed by atoms with van der Waals surface area (Å²) in [5.41, 5.74) is 1.89. The predicted octanol–water partition coefficient (Wildman–Crippen LogP) is 3.08. The molecular weight excluding hydrogens is 471 g/mol. The Bertz CT molecular complexity index is 1390. The smallest absolute Gasteiger partial charge is 0.230 e. The Morgan fingerprint density at radius 2 is 1.88 bits per heavy atom. The normalized spacial score (nSPS) is 19.0. The SMILES string of the molecule is O=C(Nc1c2c(nn1-c1cccc(Cl)c1)CS(=O)(=O)C2)C1CC(=O)N(c2ccc(F)cc2)C1. The molecule has 0 saturated carbocycles. The number of anilines is 2. The fraction of sp³-hybridized carbons (Fsp3) is 0.227. The van der Waals surface area contributed by atoms with Gasteiger partial charge in [-0.1, -0.05) is 17.7 Å². The largest absolute Gasteiger partial charge is 0.312 e. The Morgan fingerprint density at radius 3 is 2.61 bits per heavy atom. The molecule has 3 aromatic rings. The van der Waals surface area contributed by atoms with Crippen molar-refractivity contribution in [2.45, 2.75) is 17.9 Å². The average Bonchev–Trinajstić information content (AvgIpc) is 3.39. The van der Waals surface area contributed by atoms with Crippen molar-refractivity contribution in [2.24, 2.45) is 5.92 Å². The number of benzene rings is 2. The minimum absolute atomic E-state index is 0.0188. The lowest BCUT2D eigenvalue weighted by molar-refractivity contribution is -0.122. The van der Waals surface area contributed by atoms with Crippen molar-refractivity contribution in [3.63, 3.8) is 0 Å². The number of nitrogens with one attached hydrogen (secondary N) is 1. The Hall–Kier alpha value is -3.24. The molecule has 0 bridgehead atoms. The molecule has 1 saturated heterocycles. The maximum Gasteiger partial charge on any atom is 0.230 e. The van der Waals surface area contributed by atoms with E-state index in [0.717, 1.165) is 0 Å². The van der Waals surface area contributed by atoms with Crippen molar-refractivity contribution >= 4 is 44.8 Å². The van der Waals surface area contributed by atoms with Gasteiger partial charge in [-0.3, -0.25) is 9.59 Å². The van der Waals surface area contributed by atoms with Crippen LogP contribution in [0.4, 0.5) is 15.9 Å². The van der Waals surface area contributed by atoms with E-state index in [9.17, 15) is 22.4 Å². The predicted molar refractivity (Wildman–Crippen MR) is 120 cm³/mol. The summed E-state index contributed by atoms with van der Waals surface area (Å²) in [6.45, 7) is 0.127. The summed E-state index contributed by atoms with van der Waals surface area (Å²) in [4.78, 5) is 27.1. The molecule has 2 aliphatic heterocycles. The molecule has 1 aromatic heterocycles. The first kappa shape index (κ1) is 21.6. The van der Waals surface area contributed by atoms with Gasteiger partial charge < -0.3 is 10.2 Å². The van der Waals surface area contributed by atoms with Crippen LogP contribution < -0.4 is 10.2 Å². The van der Waals surface area contributed by atoms with Crippen LogP contribution in [0.2, 0.25) is 5.02 Å². The lowest BCUT2D eigenvalue weighted by Gasteiger charge is -2.17. The number of carbonyl (C=O) groups is 2. The average molecular weight is 489 g/mol. The molecule has 2 amide bonds. The molecule has 1 atom stereocenters. The van der Waals surface area contributed by atoms with Crippen molar-refractivity contribution in [1.29, 1.82) is 0 Å². The molecule has 1 fully saturated rings. The summed E-state index contributed by atoms with van der Waals surface area (Å²) in [6, 6.07) is 12.3. The second kappa shape index (κ2) is 7.96. The highest BCUT2D eigenvalue weighted by atomic mass is 35.5. The second-order valence-corrected chi connectivity index (χ2v) is 10.6. The molecule has 0 aliphatic carbocycles. The Labute approximate surface area is 193 Å². The third-order valence-corrected chi connectivity index (χ3v) is 7.39. The van der Waals surface area contributed by atoms with Crippen molar-refractivity contribution in [3.05, 3.63) is 70.6 Å². The number of fused-ring (bicyclic) bond motifs is 1. The van der Waals surface area contributed by atoms with Crippen LogP contribution in [0.3, 0.4) is 0 Å². The van der Waals surface area contributed by atoms with Crippen molar-refractivity contribution in [2.75, 3.05) is 16.8 Å². The fourth-order valence-electron chi connectivity index (χ4n) is 4.14. The van der Waals surface area contributed by atoms with Gasteiger partial charge in [-0.15, -0.1) is 0 Å². The topological polar surface area (TPSA) is 101 Å². The maximum absolute atomic E-state index is 13.2. The molecule has 1 N–H and O–H groups in total. The van der Waals surface area contributed by atoms with Crippen molar-refractivity contribution in [1.82, 2.24) is 9.78 Å². The number of sulfone groups is 1. The van der Waals surface area contributed by atoms with Crippen LogP contribution in [0.1, 0.15) is 17.7 Å². The lowest BCUT2D eigenvalue weighted by Crippen LogP contribution is -2.29. The zero-order chi connectivity index (χ0) is 23.3. The van der Waals surface area contributed by atoms with Gasteiger partial charge in [0.15, 0.2) is 9.84 Å². The van der Waals surface area contributed by atoms with Gasteiger partial charge in [0.2, 0.25) is 11.8 Å². The van der Waals surface area contributed by atoms with E-state index < -0.39 is 27.5 Å². The number of hydrogen-bond donors (Lipinski definition) is 1. The minimum Gasteiger partial charge on any atom is -0.312 e. The van der Waals surface area contributed by atoms with Crippen molar-refractivity contribution in [3.8, 4) is 5.69 Å². The van der Waals surface area contributed by atoms with E-state index in [1.165, 1.54) is 33.8 Å². The van der Waals surface area contributed by atoms with Crippen molar-refractivity contribution < 1.29 is 22.4 Å². The molecule has 1 unspecified atom stereocenters. The number of hydrogen-bond acceptors (Lipinski definition) is 5. The zero-order valence-corrected chi connectivity index (χ0v) is 18.7. The first-order chi connectivity index (χ1) is 15.7. The van der Waals surface area contributed by atoms with Gasteiger partial charge in [-0.2, -0.15) is 5.10 Å². The number of rotatable bonds is 4. The van der Waals surface area contributed by atoms with Gasteiger partial charge in [0.05, 0.1) is 28.8 Å². The molecule has 0 spiro atoms. The van der Waals surface area contributed by atoms with Gasteiger partial charge in [0.1, 0.15) is 11.6 Å². The van der Waals surface area contributed by atoms with Crippen LogP contribution in [0.25, 0.3) is 5.69 Å². The standard InChI is InChI=1S/C22H18ClFN4O4S/c23-14-2-1-3-17(9-14)28-21(18-11-33(31,32)12-19(18)26-28)25-22(30)13-8-20(29)27(10-13)16-6-4-15(24)5-7-16/h1-7,9,13H,8,10-12H2,(H,25,30). The molecule has 170 valence electrons. The highest BCUT2D eigenvalue weighted by Crippen LogP contribution is 2.34. The highest BCUT2D eigenvalue weighted by molar-refractivity contribution is 7.90. The molecule has 5 rings (SSSR count). The Balaban J connectivity index is 1.44. The summed E-state index contributed by atoms with van der Waals surface area (Å²) in [5, 5.41) is 7.68. The van der Waals surface area contributed by atoms with Gasteiger partial charge in [-0.05, 0) is 42.5 Å². The quantitative estimate of drug-likeness (QED) is 0.608. The van der Waals surface area contributed by atoms with Gasteiger partial charge in [0.25, 0.3) is 0 Å². The first-order valence-corrected chi connectivity index (χ1v) is 12.3. The van der Waals surface area contributed by atoms with Crippen LogP contribution in [0, 0.1) is 11.7 Å². The molecule has 2 aliphatic rings. The number of carbonyl (C=O) groups excluding carboxylic acids is 2. The molecular formula is C22H18ClFN4O4S. The van der Waals surface area contributed by atoms with Crippen LogP contribution in [0.15, 0.2) is 48.5 Å². The first-order valence-electron chi connectivity index (χ1n) is 10.1. The van der Waals surface area contributed by atoms with Gasteiger partial charge >= 0.3 is 0 Å². The van der Waals surface area contributed by atoms with Gasteiger partial charge in [0, 0.05) is 29.2 Å². The van der Waals surface area contributed by atoms with Crippen LogP contribution in [-0.4, -0.2) is 36.6 Å². The monoisotopic (exact) mass is 488 g/mol. The third kappa shape index (κ3) is 4.11. The summed E-state index contributed by atoms with van der Waals surface area (Å²) in [5.74, 6) is -1.95. The van der Waals surface area contributed by atoms with Crippen LogP contribution >= 0.6 is 11.6 Å². The van der Waals surface area contributed by atoms with Gasteiger partial charge in [-0.25, -0.2) is 17.5 Å². The fourth-order valence-corrected chi connectivity index (χ4v) is 5.82. The summed E-state index contributed by atoms with van der Waals surface area (Å²) < 4.78 is 39.0. The van der Waals surface area contributed by atoms with E-state index in [0.29, 0.717) is 27.7 Å². The van der Waals surface area contributed by atoms with E-state index in [2.05, 4.69) is 10.4 Å². The molecule has 8 nitrogen and oxygen atoms in total. The van der Waals surface area contributed by atoms with Crippen LogP contribution in [0.5, 0.6) is 0 Å². The van der Waals surface area contributed by atoms with E-state index in [-0.39, 0.29) is 36.2 Å². The van der Waals surface area contributed by atoms with E-state index in [4.69, 9.17) is 11.6 Å². The number of aromatic nitrogens is 2. The van der Waals surface area contributed by atoms with Crippen LogP contribution in [-0.2, 0) is 30.9 Å². The molecule has 2 aromatic carbocycles. The second-order valence-electron chi connectivity index (χ2n) is 8.07. The lowest BCUT2D eigenvalue weighted by atomic mass is 10.1. The number of halogens is 2. The van der Waals surface area contributed by atoms with E-state index in [1.54, 1.807) is 24.3 Å². The van der Waals surface area contributed by atoms with E-state index >= 15 is 0 Å². The Kier molecular flexibility index (Phi) is 5.21. The minimum atomic E-state index is -3.35. The summed E-state index contributed by atoms with van der Waals surface area (Å²) in [6.07, 6.45) is -0.0188. The maximum atomic E-state index is 13.2. The zero-order valence-electron chi connectivity index (χ0n) is 17.2. The Morgan fingerprint density at radius 1 is 1.12 bits per heavy atom. The molecule has 33 heavy (non-hydrogen) atoms. The molecule has 3 heterocycles. The molecule has 11 heteroatoms. The summed E-state index contributed by atoms with van der Waals surface area (Å²) in [7, 11) is -3.35. The molecule has 0 radical (unpaired) electrons. The third-order valence-electron chi connectivity index (χ3n) is 5.72. The number of nitrogens with zero attached hydrogens (tertiary/aromatic N) is 3. The summed E-state index contributed by atoms with van der Waals surface area (Å²) >= 11 is 6.11. The highest BCUT2D eigenvalue weighted by Gasteiger charge is 2.38. The van der Waals surface area contributed by atoms with E-state index in [1.807, 2.05) is 0 Å². The number of amides is 2.